The lowest BCUT2D eigenvalue weighted by Crippen LogP contribution is -2.22. The molecule has 2 aliphatic rings. The average Bonchev–Trinajstić information content (AvgIpc) is 3.14. The van der Waals surface area contributed by atoms with E-state index in [1.807, 2.05) is 6.07 Å². The molecule has 1 saturated heterocycles. The fraction of sp³-hybridized carbons (Fsp3) is 0.556. The van der Waals surface area contributed by atoms with Crippen molar-refractivity contribution in [2.45, 2.75) is 46.0 Å². The lowest BCUT2D eigenvalue weighted by Gasteiger charge is -2.29. The van der Waals surface area contributed by atoms with Gasteiger partial charge in [0.25, 0.3) is 0 Å². The van der Waals surface area contributed by atoms with Crippen molar-refractivity contribution in [1.82, 2.24) is 15.2 Å². The molecular formula is C18H23FN4. The molecule has 0 bridgehead atoms. The molecule has 0 aromatic carbocycles. The molecule has 122 valence electrons. The summed E-state index contributed by atoms with van der Waals surface area (Å²) in [6.07, 6.45) is 5.44. The lowest BCUT2D eigenvalue weighted by atomic mass is 9.76. The Morgan fingerprint density at radius 3 is 2.78 bits per heavy atom. The molecule has 2 aromatic rings. The number of nitrogens with one attached hydrogen (secondary N) is 1. The van der Waals surface area contributed by atoms with Gasteiger partial charge in [0.2, 0.25) is 5.95 Å². The number of fused-ring (bicyclic) bond motifs is 1. The van der Waals surface area contributed by atoms with Crippen molar-refractivity contribution in [1.29, 1.82) is 0 Å². The first-order valence-electron chi connectivity index (χ1n) is 8.51. The van der Waals surface area contributed by atoms with Crippen molar-refractivity contribution in [2.24, 2.45) is 5.41 Å². The van der Waals surface area contributed by atoms with Crippen molar-refractivity contribution in [3.05, 3.63) is 29.3 Å². The predicted octanol–water partition coefficient (Wildman–Crippen LogP) is 3.73. The largest absolute Gasteiger partial charge is 0.357 e. The molecule has 1 aliphatic carbocycles. The summed E-state index contributed by atoms with van der Waals surface area (Å²) in [6, 6.07) is 3.50. The van der Waals surface area contributed by atoms with E-state index in [1.54, 1.807) is 0 Å². The highest BCUT2D eigenvalue weighted by atomic mass is 19.1. The molecule has 4 rings (SSSR count). The molecule has 5 heteroatoms. The van der Waals surface area contributed by atoms with E-state index in [1.165, 1.54) is 17.3 Å². The Hall–Kier alpha value is -1.91. The Kier molecular flexibility index (Phi) is 3.39. The lowest BCUT2D eigenvalue weighted by molar-refractivity contribution is 0.312. The van der Waals surface area contributed by atoms with Crippen LogP contribution in [0.25, 0.3) is 11.3 Å². The molecular weight excluding hydrogens is 291 g/mol. The quantitative estimate of drug-likeness (QED) is 0.859. The smallest absolute Gasteiger partial charge is 0.215 e. The molecule has 23 heavy (non-hydrogen) atoms. The first-order valence-corrected chi connectivity index (χ1v) is 8.51. The van der Waals surface area contributed by atoms with E-state index in [2.05, 4.69) is 33.9 Å². The summed E-state index contributed by atoms with van der Waals surface area (Å²) >= 11 is 0. The zero-order valence-corrected chi connectivity index (χ0v) is 13.8. The molecule has 0 saturated carbocycles. The maximum Gasteiger partial charge on any atom is 0.215 e. The van der Waals surface area contributed by atoms with Crippen LogP contribution < -0.4 is 4.90 Å². The number of aromatic nitrogens is 3. The summed E-state index contributed by atoms with van der Waals surface area (Å²) in [5.74, 6) is 0.322. The molecule has 0 radical (unpaired) electrons. The topological polar surface area (TPSA) is 44.8 Å². The van der Waals surface area contributed by atoms with E-state index in [0.29, 0.717) is 5.41 Å². The van der Waals surface area contributed by atoms with Gasteiger partial charge in [-0.1, -0.05) is 13.8 Å². The first-order chi connectivity index (χ1) is 11.0. The number of H-pyrrole nitrogens is 1. The summed E-state index contributed by atoms with van der Waals surface area (Å²) < 4.78 is 14.1. The van der Waals surface area contributed by atoms with Crippen LogP contribution in [0.3, 0.4) is 0 Å². The van der Waals surface area contributed by atoms with E-state index in [9.17, 15) is 4.39 Å². The van der Waals surface area contributed by atoms with Gasteiger partial charge in [0.05, 0.1) is 5.69 Å². The van der Waals surface area contributed by atoms with Crippen LogP contribution in [-0.2, 0) is 12.8 Å². The van der Waals surface area contributed by atoms with E-state index in [4.69, 9.17) is 0 Å². The molecule has 0 spiro atoms. The number of hydrogen-bond acceptors (Lipinski definition) is 3. The maximum atomic E-state index is 14.1. The number of aromatic amines is 1. The molecule has 1 N–H and O–H groups in total. The Labute approximate surface area is 136 Å². The Balaban J connectivity index is 1.73. The Bertz CT molecular complexity index is 729. The summed E-state index contributed by atoms with van der Waals surface area (Å²) in [6.45, 7) is 6.49. The van der Waals surface area contributed by atoms with Crippen molar-refractivity contribution in [3.63, 3.8) is 0 Å². The summed E-state index contributed by atoms with van der Waals surface area (Å²) in [5, 5.41) is 7.69. The first kappa shape index (κ1) is 14.7. The number of halogens is 1. The second-order valence-corrected chi connectivity index (χ2v) is 7.60. The average molecular weight is 314 g/mol. The maximum absolute atomic E-state index is 14.1. The minimum Gasteiger partial charge on any atom is -0.357 e. The molecule has 2 aromatic heterocycles. The van der Waals surface area contributed by atoms with Gasteiger partial charge in [-0.15, -0.1) is 0 Å². The van der Waals surface area contributed by atoms with Gasteiger partial charge >= 0.3 is 0 Å². The number of pyridine rings is 1. The van der Waals surface area contributed by atoms with E-state index >= 15 is 0 Å². The Morgan fingerprint density at radius 1 is 1.22 bits per heavy atom. The molecule has 4 nitrogen and oxygen atoms in total. The normalized spacial score (nSPS) is 19.9. The van der Waals surface area contributed by atoms with Crippen LogP contribution in [0.15, 0.2) is 12.1 Å². The number of hydrogen-bond donors (Lipinski definition) is 1. The van der Waals surface area contributed by atoms with Crippen LogP contribution in [0.1, 0.15) is 44.4 Å². The third-order valence-electron chi connectivity index (χ3n) is 5.14. The van der Waals surface area contributed by atoms with Crippen LogP contribution >= 0.6 is 0 Å². The zero-order chi connectivity index (χ0) is 16.0. The number of anilines is 1. The fourth-order valence-electron chi connectivity index (χ4n) is 3.81. The predicted molar refractivity (Wildman–Crippen MR) is 89.0 cm³/mol. The monoisotopic (exact) mass is 314 g/mol. The van der Waals surface area contributed by atoms with Gasteiger partial charge in [-0.05, 0) is 43.6 Å². The van der Waals surface area contributed by atoms with Crippen molar-refractivity contribution in [2.75, 3.05) is 18.0 Å². The molecule has 3 heterocycles. The van der Waals surface area contributed by atoms with Gasteiger partial charge in [0.15, 0.2) is 0 Å². The highest BCUT2D eigenvalue weighted by molar-refractivity contribution is 5.67. The minimum atomic E-state index is -0.419. The third-order valence-corrected chi connectivity index (χ3v) is 5.14. The van der Waals surface area contributed by atoms with Crippen LogP contribution in [0, 0.1) is 11.4 Å². The van der Waals surface area contributed by atoms with Crippen LogP contribution in [-0.4, -0.2) is 28.3 Å². The van der Waals surface area contributed by atoms with Gasteiger partial charge in [-0.3, -0.25) is 5.10 Å². The standard InChI is InChI=1S/C18H23FN4/c1-18(2)6-5-13-14(11-18)21-22-17(13)12-9-15(19)20-16(10-12)23-7-3-4-8-23/h9-10H,3-8,11H2,1-2H3,(H,21,22). The van der Waals surface area contributed by atoms with Crippen LogP contribution in [0.4, 0.5) is 10.2 Å². The molecule has 0 unspecified atom stereocenters. The SMILES string of the molecule is CC1(C)CCc2c(-c3cc(F)nc(N4CCCC4)c3)n[nH]c2C1. The second kappa shape index (κ2) is 5.32. The van der Waals surface area contributed by atoms with Gasteiger partial charge in [-0.25, -0.2) is 4.98 Å². The minimum absolute atomic E-state index is 0.307. The van der Waals surface area contributed by atoms with E-state index in [-0.39, 0.29) is 0 Å². The Morgan fingerprint density at radius 2 is 2.00 bits per heavy atom. The summed E-state index contributed by atoms with van der Waals surface area (Å²) in [7, 11) is 0. The second-order valence-electron chi connectivity index (χ2n) is 7.60. The van der Waals surface area contributed by atoms with E-state index in [0.717, 1.165) is 62.3 Å². The van der Waals surface area contributed by atoms with Crippen molar-refractivity contribution >= 4 is 5.82 Å². The van der Waals surface area contributed by atoms with Gasteiger partial charge in [0.1, 0.15) is 5.82 Å². The highest BCUT2D eigenvalue weighted by Gasteiger charge is 2.29. The van der Waals surface area contributed by atoms with Gasteiger partial charge in [-0.2, -0.15) is 9.49 Å². The van der Waals surface area contributed by atoms with Gasteiger partial charge < -0.3 is 4.90 Å². The molecule has 0 amide bonds. The number of nitrogens with zero attached hydrogens (tertiary/aromatic N) is 3. The molecule has 1 fully saturated rings. The zero-order valence-electron chi connectivity index (χ0n) is 13.8. The van der Waals surface area contributed by atoms with Gasteiger partial charge in [0, 0.05) is 36.0 Å². The van der Waals surface area contributed by atoms with Crippen molar-refractivity contribution in [3.8, 4) is 11.3 Å². The molecule has 0 atom stereocenters. The van der Waals surface area contributed by atoms with Crippen LogP contribution in [0.5, 0.6) is 0 Å². The third kappa shape index (κ3) is 2.73. The van der Waals surface area contributed by atoms with Crippen molar-refractivity contribution < 1.29 is 4.39 Å². The van der Waals surface area contributed by atoms with Crippen LogP contribution in [0.2, 0.25) is 0 Å². The highest BCUT2D eigenvalue weighted by Crippen LogP contribution is 2.38. The summed E-state index contributed by atoms with van der Waals surface area (Å²) in [4.78, 5) is 6.24. The summed E-state index contributed by atoms with van der Waals surface area (Å²) in [5.41, 5.74) is 4.51. The fourth-order valence-corrected chi connectivity index (χ4v) is 3.81. The number of rotatable bonds is 2. The van der Waals surface area contributed by atoms with E-state index < -0.39 is 5.95 Å². The molecule has 1 aliphatic heterocycles.